The molecule has 0 aliphatic rings. The molecular weight excluding hydrogens is 408 g/mol. The van der Waals surface area contributed by atoms with Crippen LogP contribution < -0.4 is 9.62 Å². The molecule has 3 rings (SSSR count). The Hall–Kier alpha value is -2.83. The maximum Gasteiger partial charge on any atom is 0.264 e. The third kappa shape index (κ3) is 4.78. The second-order valence-electron chi connectivity index (χ2n) is 6.58. The highest BCUT2D eigenvalue weighted by atomic mass is 35.5. The van der Waals surface area contributed by atoms with E-state index in [1.807, 2.05) is 37.3 Å². The van der Waals surface area contributed by atoms with Gasteiger partial charge >= 0.3 is 0 Å². The van der Waals surface area contributed by atoms with Gasteiger partial charge in [-0.15, -0.1) is 0 Å². The Kier molecular flexibility index (Phi) is 6.25. The van der Waals surface area contributed by atoms with Gasteiger partial charge in [0, 0.05) is 17.6 Å². The van der Waals surface area contributed by atoms with Crippen LogP contribution >= 0.6 is 11.6 Å². The van der Waals surface area contributed by atoms with Gasteiger partial charge in [0.2, 0.25) is 0 Å². The van der Waals surface area contributed by atoms with Crippen molar-refractivity contribution in [2.45, 2.75) is 17.9 Å². The molecule has 0 aromatic heterocycles. The molecule has 150 valence electrons. The van der Waals surface area contributed by atoms with Crippen LogP contribution in [0.5, 0.6) is 0 Å². The normalized spacial score (nSPS) is 12.2. The first kappa shape index (κ1) is 20.9. The van der Waals surface area contributed by atoms with Gasteiger partial charge in [-0.2, -0.15) is 0 Å². The van der Waals surface area contributed by atoms with E-state index in [2.05, 4.69) is 5.32 Å². The van der Waals surface area contributed by atoms with Crippen molar-refractivity contribution in [1.82, 2.24) is 5.32 Å². The van der Waals surface area contributed by atoms with E-state index in [0.717, 1.165) is 5.56 Å². The Labute approximate surface area is 176 Å². The number of anilines is 1. The molecular formula is C22H21ClN2O3S. The number of sulfonamides is 1. The number of nitrogens with one attached hydrogen (secondary N) is 1. The molecule has 0 fully saturated rings. The summed E-state index contributed by atoms with van der Waals surface area (Å²) in [5.74, 6) is -0.226. The van der Waals surface area contributed by atoms with Crippen molar-refractivity contribution in [2.24, 2.45) is 0 Å². The molecule has 0 bridgehead atoms. The minimum absolute atomic E-state index is 0.142. The van der Waals surface area contributed by atoms with E-state index in [-0.39, 0.29) is 16.8 Å². The van der Waals surface area contributed by atoms with E-state index in [1.165, 1.54) is 35.6 Å². The van der Waals surface area contributed by atoms with Gasteiger partial charge in [-0.25, -0.2) is 8.42 Å². The number of hydrogen-bond acceptors (Lipinski definition) is 3. The van der Waals surface area contributed by atoms with E-state index in [1.54, 1.807) is 24.3 Å². The van der Waals surface area contributed by atoms with Crippen molar-refractivity contribution in [3.63, 3.8) is 0 Å². The fourth-order valence-electron chi connectivity index (χ4n) is 2.83. The van der Waals surface area contributed by atoms with Crippen molar-refractivity contribution < 1.29 is 13.2 Å². The number of benzene rings is 3. The van der Waals surface area contributed by atoms with Gasteiger partial charge in [0.05, 0.1) is 16.6 Å². The molecule has 0 radical (unpaired) electrons. The van der Waals surface area contributed by atoms with Crippen LogP contribution in [0.2, 0.25) is 5.02 Å². The molecule has 0 saturated heterocycles. The van der Waals surface area contributed by atoms with Gasteiger partial charge in [-0.3, -0.25) is 9.10 Å². The molecule has 7 heteroatoms. The minimum Gasteiger partial charge on any atom is -0.346 e. The summed E-state index contributed by atoms with van der Waals surface area (Å²) in [6.45, 7) is 1.91. The first-order valence-electron chi connectivity index (χ1n) is 8.99. The molecule has 29 heavy (non-hydrogen) atoms. The topological polar surface area (TPSA) is 66.5 Å². The molecule has 0 saturated carbocycles. The monoisotopic (exact) mass is 428 g/mol. The Morgan fingerprint density at radius 3 is 2.10 bits per heavy atom. The van der Waals surface area contributed by atoms with Gasteiger partial charge < -0.3 is 5.32 Å². The average molecular weight is 429 g/mol. The standard InChI is InChI=1S/C22H21ClN2O3S/c1-16(17-6-4-3-5-7-17)24-22(26)18-8-12-20(13-9-18)25(2)29(27,28)21-14-10-19(23)11-15-21/h3-16H,1-2H3,(H,24,26). The molecule has 0 aliphatic carbocycles. The summed E-state index contributed by atoms with van der Waals surface area (Å²) in [5.41, 5.74) is 1.91. The number of carbonyl (C=O) groups excluding carboxylic acids is 1. The fourth-order valence-corrected chi connectivity index (χ4v) is 4.15. The highest BCUT2D eigenvalue weighted by Gasteiger charge is 2.21. The van der Waals surface area contributed by atoms with Crippen LogP contribution in [-0.4, -0.2) is 21.4 Å². The van der Waals surface area contributed by atoms with Crippen LogP contribution in [-0.2, 0) is 10.0 Å². The summed E-state index contributed by atoms with van der Waals surface area (Å²) in [4.78, 5) is 12.6. The predicted octanol–water partition coefficient (Wildman–Crippen LogP) is 4.66. The molecule has 1 unspecified atom stereocenters. The number of halogens is 1. The summed E-state index contributed by atoms with van der Waals surface area (Å²) >= 11 is 5.83. The SMILES string of the molecule is CC(NC(=O)c1ccc(N(C)S(=O)(=O)c2ccc(Cl)cc2)cc1)c1ccccc1. The van der Waals surface area contributed by atoms with Crippen molar-refractivity contribution in [1.29, 1.82) is 0 Å². The zero-order valence-corrected chi connectivity index (χ0v) is 17.6. The van der Waals surface area contributed by atoms with Crippen LogP contribution in [0.15, 0.2) is 83.8 Å². The number of amides is 1. The zero-order chi connectivity index (χ0) is 21.0. The number of carbonyl (C=O) groups is 1. The van der Waals surface area contributed by atoms with Crippen LogP contribution in [0.4, 0.5) is 5.69 Å². The Bertz CT molecular complexity index is 1080. The van der Waals surface area contributed by atoms with Crippen molar-refractivity contribution in [2.75, 3.05) is 11.4 Å². The van der Waals surface area contributed by atoms with Crippen LogP contribution in [0.1, 0.15) is 28.9 Å². The summed E-state index contributed by atoms with van der Waals surface area (Å²) < 4.78 is 26.7. The fraction of sp³-hybridized carbons (Fsp3) is 0.136. The first-order chi connectivity index (χ1) is 13.8. The van der Waals surface area contributed by atoms with Crippen molar-refractivity contribution in [3.8, 4) is 0 Å². The molecule has 0 spiro atoms. The Morgan fingerprint density at radius 1 is 0.931 bits per heavy atom. The number of rotatable bonds is 6. The minimum atomic E-state index is -3.72. The predicted molar refractivity (Wildman–Crippen MR) is 116 cm³/mol. The molecule has 0 heterocycles. The zero-order valence-electron chi connectivity index (χ0n) is 16.0. The van der Waals surface area contributed by atoms with Crippen LogP contribution in [0.3, 0.4) is 0 Å². The Morgan fingerprint density at radius 2 is 1.52 bits per heavy atom. The third-order valence-corrected chi connectivity index (χ3v) is 6.66. The van der Waals surface area contributed by atoms with Gasteiger partial charge in [0.25, 0.3) is 15.9 Å². The molecule has 1 atom stereocenters. The van der Waals surface area contributed by atoms with Crippen molar-refractivity contribution in [3.05, 3.63) is 95.0 Å². The van der Waals surface area contributed by atoms with E-state index in [0.29, 0.717) is 16.3 Å². The molecule has 3 aromatic carbocycles. The summed E-state index contributed by atoms with van der Waals surface area (Å²) in [5, 5.41) is 3.40. The molecule has 1 N–H and O–H groups in total. The molecule has 0 aliphatic heterocycles. The van der Waals surface area contributed by atoms with Gasteiger partial charge in [-0.1, -0.05) is 41.9 Å². The van der Waals surface area contributed by atoms with Gasteiger partial charge in [-0.05, 0) is 61.0 Å². The lowest BCUT2D eigenvalue weighted by Gasteiger charge is -2.20. The maximum absolute atomic E-state index is 12.8. The van der Waals surface area contributed by atoms with E-state index in [4.69, 9.17) is 11.6 Å². The number of nitrogens with zero attached hydrogens (tertiary/aromatic N) is 1. The molecule has 3 aromatic rings. The van der Waals surface area contributed by atoms with E-state index in [9.17, 15) is 13.2 Å². The Balaban J connectivity index is 1.73. The second kappa shape index (κ2) is 8.68. The van der Waals surface area contributed by atoms with Gasteiger partial charge in [0.15, 0.2) is 0 Å². The number of hydrogen-bond donors (Lipinski definition) is 1. The van der Waals surface area contributed by atoms with Crippen LogP contribution in [0, 0.1) is 0 Å². The lowest BCUT2D eigenvalue weighted by Crippen LogP contribution is -2.28. The maximum atomic E-state index is 12.8. The smallest absolute Gasteiger partial charge is 0.264 e. The summed E-state index contributed by atoms with van der Waals surface area (Å²) in [7, 11) is -2.25. The summed E-state index contributed by atoms with van der Waals surface area (Å²) in [6.07, 6.45) is 0. The first-order valence-corrected chi connectivity index (χ1v) is 10.8. The summed E-state index contributed by atoms with van der Waals surface area (Å²) in [6, 6.07) is 21.9. The molecule has 1 amide bonds. The third-order valence-electron chi connectivity index (χ3n) is 4.61. The second-order valence-corrected chi connectivity index (χ2v) is 8.98. The lowest BCUT2D eigenvalue weighted by atomic mass is 10.1. The highest BCUT2D eigenvalue weighted by molar-refractivity contribution is 7.92. The van der Waals surface area contributed by atoms with E-state index >= 15 is 0 Å². The highest BCUT2D eigenvalue weighted by Crippen LogP contribution is 2.24. The average Bonchev–Trinajstić information content (AvgIpc) is 2.74. The largest absolute Gasteiger partial charge is 0.346 e. The van der Waals surface area contributed by atoms with Gasteiger partial charge in [0.1, 0.15) is 0 Å². The van der Waals surface area contributed by atoms with E-state index < -0.39 is 10.0 Å². The molecule has 5 nitrogen and oxygen atoms in total. The van der Waals surface area contributed by atoms with Crippen LogP contribution in [0.25, 0.3) is 0 Å². The van der Waals surface area contributed by atoms with Crippen molar-refractivity contribution >= 4 is 33.2 Å². The quantitative estimate of drug-likeness (QED) is 0.621. The lowest BCUT2D eigenvalue weighted by molar-refractivity contribution is 0.0940.